The summed E-state index contributed by atoms with van der Waals surface area (Å²) in [5.74, 6) is 0. The molecule has 2 aromatic heterocycles. The summed E-state index contributed by atoms with van der Waals surface area (Å²) < 4.78 is 3.30. The zero-order valence-corrected chi connectivity index (χ0v) is 6.98. The largest absolute Gasteiger partial charge is 0.314 e. The van der Waals surface area contributed by atoms with Crippen molar-refractivity contribution in [3.63, 3.8) is 0 Å². The number of imidazole rings is 1. The lowest BCUT2D eigenvalue weighted by Gasteiger charge is -1.97. The smallest absolute Gasteiger partial charge is 0.293 e. The van der Waals surface area contributed by atoms with E-state index in [2.05, 4.69) is 4.98 Å². The molecule has 0 aromatic carbocycles. The van der Waals surface area contributed by atoms with E-state index in [4.69, 9.17) is 0 Å². The van der Waals surface area contributed by atoms with Crippen LogP contribution >= 0.6 is 0 Å². The Morgan fingerprint density at radius 3 is 2.92 bits per heavy atom. The minimum atomic E-state index is -0.0643. The number of rotatable bonds is 0. The molecular formula is C8H9N3O. The Morgan fingerprint density at radius 2 is 2.17 bits per heavy atom. The molecule has 0 aliphatic rings. The van der Waals surface area contributed by atoms with Gasteiger partial charge in [0, 0.05) is 31.3 Å². The van der Waals surface area contributed by atoms with Crippen molar-refractivity contribution in [1.82, 2.24) is 14.0 Å². The second-order valence-electron chi connectivity index (χ2n) is 2.81. The lowest BCUT2D eigenvalue weighted by molar-refractivity contribution is 0.838. The van der Waals surface area contributed by atoms with Gasteiger partial charge in [-0.1, -0.05) is 0 Å². The SMILES string of the molecule is Cc1cnc2c(=O)n(C)ccn12. The number of aromatic nitrogens is 3. The number of fused-ring (bicyclic) bond motifs is 1. The van der Waals surface area contributed by atoms with Gasteiger partial charge in [0.05, 0.1) is 0 Å². The second-order valence-corrected chi connectivity index (χ2v) is 2.81. The molecule has 0 saturated carbocycles. The molecule has 0 radical (unpaired) electrons. The number of hydrogen-bond acceptors (Lipinski definition) is 2. The number of hydrogen-bond donors (Lipinski definition) is 0. The van der Waals surface area contributed by atoms with Gasteiger partial charge in [0.2, 0.25) is 5.65 Å². The molecule has 0 bridgehead atoms. The fraction of sp³-hybridized carbons (Fsp3) is 0.250. The molecule has 0 fully saturated rings. The highest BCUT2D eigenvalue weighted by Crippen LogP contribution is 1.98. The Balaban J connectivity index is 3.03. The summed E-state index contributed by atoms with van der Waals surface area (Å²) in [7, 11) is 1.71. The molecule has 4 nitrogen and oxygen atoms in total. The van der Waals surface area contributed by atoms with E-state index in [0.717, 1.165) is 5.69 Å². The molecular weight excluding hydrogens is 154 g/mol. The minimum absolute atomic E-state index is 0.0643. The molecule has 2 aromatic rings. The Morgan fingerprint density at radius 1 is 1.42 bits per heavy atom. The van der Waals surface area contributed by atoms with Crippen molar-refractivity contribution < 1.29 is 0 Å². The molecule has 0 unspecified atom stereocenters. The summed E-state index contributed by atoms with van der Waals surface area (Å²) in [4.78, 5) is 15.4. The molecule has 0 saturated heterocycles. The van der Waals surface area contributed by atoms with Crippen molar-refractivity contribution >= 4 is 5.65 Å². The minimum Gasteiger partial charge on any atom is -0.314 e. The highest BCUT2D eigenvalue weighted by molar-refractivity contribution is 5.37. The molecule has 2 rings (SSSR count). The van der Waals surface area contributed by atoms with Crippen LogP contribution in [0.5, 0.6) is 0 Å². The average molecular weight is 163 g/mol. The highest BCUT2D eigenvalue weighted by atomic mass is 16.1. The maximum atomic E-state index is 11.4. The lowest BCUT2D eigenvalue weighted by Crippen LogP contribution is -2.18. The lowest BCUT2D eigenvalue weighted by atomic mass is 10.5. The van der Waals surface area contributed by atoms with Crippen molar-refractivity contribution in [2.45, 2.75) is 6.92 Å². The topological polar surface area (TPSA) is 39.3 Å². The van der Waals surface area contributed by atoms with Crippen molar-refractivity contribution in [2.24, 2.45) is 7.05 Å². The van der Waals surface area contributed by atoms with E-state index >= 15 is 0 Å². The third-order valence-electron chi connectivity index (χ3n) is 1.93. The van der Waals surface area contributed by atoms with Crippen LogP contribution in [0.25, 0.3) is 5.65 Å². The Kier molecular flexibility index (Phi) is 1.30. The van der Waals surface area contributed by atoms with Crippen LogP contribution in [-0.4, -0.2) is 14.0 Å². The van der Waals surface area contributed by atoms with Crippen LogP contribution in [-0.2, 0) is 7.05 Å². The summed E-state index contributed by atoms with van der Waals surface area (Å²) in [6.45, 7) is 1.92. The summed E-state index contributed by atoms with van der Waals surface area (Å²) in [6.07, 6.45) is 5.25. The van der Waals surface area contributed by atoms with Gasteiger partial charge in [-0.05, 0) is 6.92 Å². The van der Waals surface area contributed by atoms with E-state index < -0.39 is 0 Å². The number of nitrogens with zero attached hydrogens (tertiary/aromatic N) is 3. The van der Waals surface area contributed by atoms with E-state index in [9.17, 15) is 4.79 Å². The molecule has 12 heavy (non-hydrogen) atoms. The molecule has 0 N–H and O–H groups in total. The van der Waals surface area contributed by atoms with E-state index in [-0.39, 0.29) is 5.56 Å². The van der Waals surface area contributed by atoms with Gasteiger partial charge in [0.25, 0.3) is 5.56 Å². The van der Waals surface area contributed by atoms with Crippen LogP contribution in [0.3, 0.4) is 0 Å². The molecule has 0 aliphatic heterocycles. The first-order valence-electron chi connectivity index (χ1n) is 3.69. The fourth-order valence-corrected chi connectivity index (χ4v) is 1.18. The van der Waals surface area contributed by atoms with Crippen molar-refractivity contribution in [3.05, 3.63) is 34.6 Å². The summed E-state index contributed by atoms with van der Waals surface area (Å²) >= 11 is 0. The van der Waals surface area contributed by atoms with E-state index in [0.29, 0.717) is 5.65 Å². The van der Waals surface area contributed by atoms with Crippen molar-refractivity contribution in [3.8, 4) is 0 Å². The molecule has 0 amide bonds. The third kappa shape index (κ3) is 0.777. The quantitative estimate of drug-likeness (QED) is 0.562. The zero-order chi connectivity index (χ0) is 8.72. The van der Waals surface area contributed by atoms with E-state index in [1.54, 1.807) is 23.8 Å². The van der Waals surface area contributed by atoms with Crippen LogP contribution < -0.4 is 5.56 Å². The molecule has 0 aliphatic carbocycles. The zero-order valence-electron chi connectivity index (χ0n) is 6.98. The van der Waals surface area contributed by atoms with Gasteiger partial charge in [-0.3, -0.25) is 9.20 Å². The second kappa shape index (κ2) is 2.20. The van der Waals surface area contributed by atoms with Crippen LogP contribution in [0.4, 0.5) is 0 Å². The first-order valence-corrected chi connectivity index (χ1v) is 3.69. The average Bonchev–Trinajstić information content (AvgIpc) is 2.41. The van der Waals surface area contributed by atoms with Gasteiger partial charge in [-0.25, -0.2) is 4.98 Å². The van der Waals surface area contributed by atoms with Crippen molar-refractivity contribution in [2.75, 3.05) is 0 Å². The van der Waals surface area contributed by atoms with Gasteiger partial charge in [0.15, 0.2) is 0 Å². The Bertz CT molecular complexity index is 480. The van der Waals surface area contributed by atoms with Crippen molar-refractivity contribution in [1.29, 1.82) is 0 Å². The summed E-state index contributed by atoms with van der Waals surface area (Å²) in [5.41, 5.74) is 1.39. The maximum absolute atomic E-state index is 11.4. The molecule has 0 atom stereocenters. The molecule has 0 spiro atoms. The highest BCUT2D eigenvalue weighted by Gasteiger charge is 2.02. The predicted molar refractivity (Wildman–Crippen MR) is 45.2 cm³/mol. The summed E-state index contributed by atoms with van der Waals surface area (Å²) in [5, 5.41) is 0. The first-order chi connectivity index (χ1) is 5.70. The van der Waals surface area contributed by atoms with Gasteiger partial charge in [-0.2, -0.15) is 0 Å². The monoisotopic (exact) mass is 163 g/mol. The van der Waals surface area contributed by atoms with Crippen LogP contribution in [0.2, 0.25) is 0 Å². The normalized spacial score (nSPS) is 10.8. The molecule has 2 heterocycles. The molecule has 4 heteroatoms. The summed E-state index contributed by atoms with van der Waals surface area (Å²) in [6, 6.07) is 0. The van der Waals surface area contributed by atoms with E-state index in [1.807, 2.05) is 13.1 Å². The predicted octanol–water partition coefficient (Wildman–Crippen LogP) is 0.341. The van der Waals surface area contributed by atoms with Gasteiger partial charge < -0.3 is 4.57 Å². The Labute approximate surface area is 69.1 Å². The van der Waals surface area contributed by atoms with Gasteiger partial charge in [-0.15, -0.1) is 0 Å². The standard InChI is InChI=1S/C8H9N3O/c1-6-5-9-7-8(12)10(2)3-4-11(6)7/h3-5H,1-2H3. The third-order valence-corrected chi connectivity index (χ3v) is 1.93. The molecule has 62 valence electrons. The maximum Gasteiger partial charge on any atom is 0.293 e. The Hall–Kier alpha value is -1.58. The van der Waals surface area contributed by atoms with Crippen LogP contribution in [0, 0.1) is 6.92 Å². The first kappa shape index (κ1) is 7.09. The van der Waals surface area contributed by atoms with E-state index in [1.165, 1.54) is 4.57 Å². The number of aryl methyl sites for hydroxylation is 2. The van der Waals surface area contributed by atoms with Crippen LogP contribution in [0.15, 0.2) is 23.4 Å². The fourth-order valence-electron chi connectivity index (χ4n) is 1.18. The van der Waals surface area contributed by atoms with Gasteiger partial charge >= 0.3 is 0 Å². The van der Waals surface area contributed by atoms with Crippen LogP contribution in [0.1, 0.15) is 5.69 Å². The van der Waals surface area contributed by atoms with Gasteiger partial charge in [0.1, 0.15) is 0 Å².